The monoisotopic (exact) mass is 492 g/mol. The predicted molar refractivity (Wildman–Crippen MR) is 133 cm³/mol. The van der Waals surface area contributed by atoms with Gasteiger partial charge < -0.3 is 15.0 Å². The fraction of sp³-hybridized carbons (Fsp3) is 0.720. The quantitative estimate of drug-likeness (QED) is 0.630. The lowest BCUT2D eigenvalue weighted by molar-refractivity contribution is -0.121. The normalized spacial score (nSPS) is 23.3. The van der Waals surface area contributed by atoms with Crippen molar-refractivity contribution in [2.45, 2.75) is 56.4 Å². The molecule has 1 amide bonds. The molecule has 1 aromatic carbocycles. The predicted octanol–water partition coefficient (Wildman–Crippen LogP) is 2.62. The average molecular weight is 493 g/mol. The molecule has 34 heavy (non-hydrogen) atoms. The van der Waals surface area contributed by atoms with Crippen LogP contribution in [0, 0.1) is 5.92 Å². The summed E-state index contributed by atoms with van der Waals surface area (Å²) in [5.41, 5.74) is 0.516. The van der Waals surface area contributed by atoms with Crippen molar-refractivity contribution in [3.63, 3.8) is 0 Å². The first-order valence-electron chi connectivity index (χ1n) is 12.9. The summed E-state index contributed by atoms with van der Waals surface area (Å²) in [5, 5.41) is 2.94. The number of morpholine rings is 1. The SMILES string of the molecule is CC(C(=O)Nc1cccc(S(=O)(=O)N2CCOCC2)c1)N1CCC(CN2CCCCCC2)CC1. The Hall–Kier alpha value is -1.52. The van der Waals surface area contributed by atoms with Crippen LogP contribution in [0.15, 0.2) is 29.2 Å². The second-order valence-electron chi connectivity index (χ2n) is 9.90. The Labute approximate surface area is 204 Å². The van der Waals surface area contributed by atoms with Crippen molar-refractivity contribution in [3.8, 4) is 0 Å². The first-order valence-corrected chi connectivity index (χ1v) is 14.3. The maximum absolute atomic E-state index is 13.0. The Morgan fingerprint density at radius 1 is 1.03 bits per heavy atom. The van der Waals surface area contributed by atoms with Crippen LogP contribution >= 0.6 is 0 Å². The van der Waals surface area contributed by atoms with Gasteiger partial charge in [-0.05, 0) is 82.9 Å². The number of nitrogens with one attached hydrogen (secondary N) is 1. The van der Waals surface area contributed by atoms with E-state index in [-0.39, 0.29) is 16.8 Å². The molecule has 190 valence electrons. The molecule has 9 heteroatoms. The number of piperidine rings is 1. The minimum absolute atomic E-state index is 0.0908. The van der Waals surface area contributed by atoms with Crippen LogP contribution in [0.4, 0.5) is 5.69 Å². The number of hydrogen-bond donors (Lipinski definition) is 1. The molecular formula is C25H40N4O4S. The second-order valence-corrected chi connectivity index (χ2v) is 11.8. The molecule has 1 N–H and O–H groups in total. The Morgan fingerprint density at radius 3 is 2.38 bits per heavy atom. The van der Waals surface area contributed by atoms with Crippen molar-refractivity contribution < 1.29 is 17.9 Å². The summed E-state index contributed by atoms with van der Waals surface area (Å²) >= 11 is 0. The number of carbonyl (C=O) groups excluding carboxylic acids is 1. The lowest BCUT2D eigenvalue weighted by atomic mass is 9.95. The van der Waals surface area contributed by atoms with E-state index in [1.165, 1.54) is 49.6 Å². The van der Waals surface area contributed by atoms with Crippen LogP contribution in [0.2, 0.25) is 0 Å². The highest BCUT2D eigenvalue weighted by atomic mass is 32.2. The van der Waals surface area contributed by atoms with E-state index in [2.05, 4.69) is 15.1 Å². The Kier molecular flexibility index (Phi) is 8.98. The molecule has 0 aromatic heterocycles. The summed E-state index contributed by atoms with van der Waals surface area (Å²) in [7, 11) is -3.59. The Morgan fingerprint density at radius 2 is 1.71 bits per heavy atom. The van der Waals surface area contributed by atoms with Gasteiger partial charge in [0.1, 0.15) is 0 Å². The standard InChI is InChI=1S/C25H40N4O4S/c1-21(28-13-9-22(10-14-28)20-27-11-4-2-3-5-12-27)25(30)26-23-7-6-8-24(19-23)34(31,32)29-15-17-33-18-16-29/h6-8,19,21-22H,2-5,9-18,20H2,1H3,(H,26,30). The van der Waals surface area contributed by atoms with Gasteiger partial charge in [0.15, 0.2) is 0 Å². The zero-order chi connectivity index (χ0) is 24.0. The Balaban J connectivity index is 1.29. The highest BCUT2D eigenvalue weighted by Crippen LogP contribution is 2.24. The summed E-state index contributed by atoms with van der Waals surface area (Å²) in [6.07, 6.45) is 7.63. The number of hydrogen-bond acceptors (Lipinski definition) is 6. The van der Waals surface area contributed by atoms with Crippen LogP contribution in [-0.4, -0.2) is 93.5 Å². The van der Waals surface area contributed by atoms with E-state index in [1.54, 1.807) is 24.3 Å². The molecule has 3 fully saturated rings. The van der Waals surface area contributed by atoms with E-state index in [4.69, 9.17) is 4.74 Å². The molecule has 0 spiro atoms. The summed E-state index contributed by atoms with van der Waals surface area (Å²) in [5.74, 6) is 0.624. The highest BCUT2D eigenvalue weighted by Gasteiger charge is 2.29. The van der Waals surface area contributed by atoms with Gasteiger partial charge in [0.25, 0.3) is 0 Å². The van der Waals surface area contributed by atoms with Crippen LogP contribution < -0.4 is 5.32 Å². The van der Waals surface area contributed by atoms with Gasteiger partial charge in [-0.3, -0.25) is 9.69 Å². The summed E-state index contributed by atoms with van der Waals surface area (Å²) in [6, 6.07) is 6.32. The van der Waals surface area contributed by atoms with Gasteiger partial charge in [0.05, 0.1) is 24.2 Å². The number of nitrogens with zero attached hydrogens (tertiary/aromatic N) is 3. The summed E-state index contributed by atoms with van der Waals surface area (Å²) in [6.45, 7) is 8.98. The van der Waals surface area contributed by atoms with Crippen LogP contribution in [-0.2, 0) is 19.6 Å². The molecule has 1 atom stereocenters. The number of likely N-dealkylation sites (tertiary alicyclic amines) is 2. The minimum Gasteiger partial charge on any atom is -0.379 e. The summed E-state index contributed by atoms with van der Waals surface area (Å²) < 4.78 is 32.6. The number of anilines is 1. The fourth-order valence-corrected chi connectivity index (χ4v) is 6.74. The maximum atomic E-state index is 13.0. The molecule has 0 saturated carbocycles. The third-order valence-electron chi connectivity index (χ3n) is 7.50. The minimum atomic E-state index is -3.59. The molecule has 1 aromatic rings. The first-order chi connectivity index (χ1) is 16.4. The number of sulfonamides is 1. The number of rotatable bonds is 7. The van der Waals surface area contributed by atoms with Gasteiger partial charge in [-0.25, -0.2) is 8.42 Å². The molecule has 0 radical (unpaired) electrons. The molecule has 8 nitrogen and oxygen atoms in total. The van der Waals surface area contributed by atoms with Crippen LogP contribution in [0.5, 0.6) is 0 Å². The van der Waals surface area contributed by atoms with Gasteiger partial charge in [-0.2, -0.15) is 4.31 Å². The smallest absolute Gasteiger partial charge is 0.243 e. The van der Waals surface area contributed by atoms with Gasteiger partial charge >= 0.3 is 0 Å². The topological polar surface area (TPSA) is 82.2 Å². The molecule has 0 aliphatic carbocycles. The van der Waals surface area contributed by atoms with E-state index in [0.717, 1.165) is 25.9 Å². The zero-order valence-electron chi connectivity index (χ0n) is 20.5. The second kappa shape index (κ2) is 11.9. The number of benzene rings is 1. The number of carbonyl (C=O) groups is 1. The van der Waals surface area contributed by atoms with Gasteiger partial charge in [0.2, 0.25) is 15.9 Å². The molecule has 3 aliphatic rings. The number of amides is 1. The van der Waals surface area contributed by atoms with Gasteiger partial charge in [-0.1, -0.05) is 18.9 Å². The molecule has 3 heterocycles. The fourth-order valence-electron chi connectivity index (χ4n) is 5.29. The zero-order valence-corrected chi connectivity index (χ0v) is 21.3. The maximum Gasteiger partial charge on any atom is 0.243 e. The van der Waals surface area contributed by atoms with E-state index < -0.39 is 10.0 Å². The van der Waals surface area contributed by atoms with Crippen molar-refractivity contribution in [2.24, 2.45) is 5.92 Å². The third-order valence-corrected chi connectivity index (χ3v) is 9.40. The van der Waals surface area contributed by atoms with Crippen molar-refractivity contribution in [1.82, 2.24) is 14.1 Å². The van der Waals surface area contributed by atoms with Gasteiger partial charge in [0, 0.05) is 25.3 Å². The molecule has 3 aliphatic heterocycles. The van der Waals surface area contributed by atoms with E-state index >= 15 is 0 Å². The lowest BCUT2D eigenvalue weighted by Crippen LogP contribution is -2.47. The van der Waals surface area contributed by atoms with E-state index in [0.29, 0.717) is 37.9 Å². The molecule has 1 unspecified atom stereocenters. The van der Waals surface area contributed by atoms with Crippen LogP contribution in [0.25, 0.3) is 0 Å². The van der Waals surface area contributed by atoms with Crippen molar-refractivity contribution >= 4 is 21.6 Å². The van der Waals surface area contributed by atoms with Crippen molar-refractivity contribution in [2.75, 3.05) is 64.3 Å². The summed E-state index contributed by atoms with van der Waals surface area (Å²) in [4.78, 5) is 18.1. The van der Waals surface area contributed by atoms with Crippen LogP contribution in [0.3, 0.4) is 0 Å². The third kappa shape index (κ3) is 6.57. The van der Waals surface area contributed by atoms with E-state index in [1.807, 2.05) is 6.92 Å². The first kappa shape index (κ1) is 25.6. The van der Waals surface area contributed by atoms with Crippen molar-refractivity contribution in [1.29, 1.82) is 0 Å². The van der Waals surface area contributed by atoms with Gasteiger partial charge in [-0.15, -0.1) is 0 Å². The number of ether oxygens (including phenoxy) is 1. The molecular weight excluding hydrogens is 452 g/mol. The molecule has 0 bridgehead atoms. The molecule has 4 rings (SSSR count). The lowest BCUT2D eigenvalue weighted by Gasteiger charge is -2.37. The molecule has 3 saturated heterocycles. The van der Waals surface area contributed by atoms with Crippen molar-refractivity contribution in [3.05, 3.63) is 24.3 Å². The van der Waals surface area contributed by atoms with Crippen LogP contribution in [0.1, 0.15) is 45.4 Å². The largest absolute Gasteiger partial charge is 0.379 e. The Bertz CT molecular complexity index is 903. The average Bonchev–Trinajstić information content (AvgIpc) is 3.13. The highest BCUT2D eigenvalue weighted by molar-refractivity contribution is 7.89. The van der Waals surface area contributed by atoms with E-state index in [9.17, 15) is 13.2 Å².